The Hall–Kier alpha value is -0.107. The first kappa shape index (κ1) is 18.9. The van der Waals surface area contributed by atoms with E-state index in [1.54, 1.807) is 12.2 Å². The van der Waals surface area contributed by atoms with Crippen molar-refractivity contribution in [3.05, 3.63) is 64.7 Å². The Morgan fingerprint density at radius 3 is 2.62 bits per heavy atom. The number of halogens is 2. The largest absolute Gasteiger partial charge is 1.00 e. The molecule has 0 saturated heterocycles. The maximum absolute atomic E-state index is 12.5. The predicted octanol–water partition coefficient (Wildman–Crippen LogP) is -2.32. The van der Waals surface area contributed by atoms with E-state index in [-0.39, 0.29) is 28.4 Å². The fraction of sp³-hybridized carbons (Fsp3) is 0.143. The SMILES string of the molecule is O=P(O)(OC1=CC=CC1)C1=Cc2ccccc2[CH]1[Zr+2].[Cl-].[Cl-]. The van der Waals surface area contributed by atoms with Crippen molar-refractivity contribution in [3.63, 3.8) is 0 Å². The number of hydrogen-bond acceptors (Lipinski definition) is 2. The van der Waals surface area contributed by atoms with Crippen molar-refractivity contribution in [3.8, 4) is 0 Å². The van der Waals surface area contributed by atoms with Crippen molar-refractivity contribution in [2.24, 2.45) is 0 Å². The van der Waals surface area contributed by atoms with Crippen LogP contribution in [0.1, 0.15) is 21.2 Å². The summed E-state index contributed by atoms with van der Waals surface area (Å²) in [7, 11) is -3.75. The van der Waals surface area contributed by atoms with Gasteiger partial charge in [0.25, 0.3) is 0 Å². The van der Waals surface area contributed by atoms with Crippen LogP contribution in [-0.2, 0) is 33.8 Å². The Morgan fingerprint density at radius 2 is 2.00 bits per heavy atom. The van der Waals surface area contributed by atoms with Gasteiger partial charge in [0, 0.05) is 0 Å². The normalized spacial score (nSPS) is 21.4. The Labute approximate surface area is 151 Å². The molecule has 0 amide bonds. The van der Waals surface area contributed by atoms with Crippen LogP contribution in [0, 0.1) is 0 Å². The molecule has 0 aliphatic heterocycles. The first-order chi connectivity index (χ1) is 9.08. The molecule has 2 atom stereocenters. The van der Waals surface area contributed by atoms with Crippen LogP contribution in [0.2, 0.25) is 0 Å². The maximum Gasteiger partial charge on any atom is -1.00 e. The molecule has 3 rings (SSSR count). The number of rotatable bonds is 3. The van der Waals surface area contributed by atoms with E-state index in [1.165, 1.54) is 24.7 Å². The Bertz CT molecular complexity index is 670. The molecule has 0 saturated carbocycles. The maximum atomic E-state index is 12.5. The van der Waals surface area contributed by atoms with Gasteiger partial charge < -0.3 is 24.8 Å². The smallest absolute Gasteiger partial charge is 1.00 e. The van der Waals surface area contributed by atoms with Gasteiger partial charge in [-0.15, -0.1) is 0 Å². The molecule has 2 unspecified atom stereocenters. The van der Waals surface area contributed by atoms with Crippen molar-refractivity contribution >= 4 is 13.7 Å². The zero-order valence-corrected chi connectivity index (χ0v) is 15.7. The van der Waals surface area contributed by atoms with Crippen LogP contribution in [0.15, 0.2) is 53.6 Å². The van der Waals surface area contributed by atoms with Crippen LogP contribution in [0.4, 0.5) is 0 Å². The molecule has 1 aromatic carbocycles. The van der Waals surface area contributed by atoms with E-state index in [2.05, 4.69) is 0 Å². The number of hydrogen-bond donors (Lipinski definition) is 1. The summed E-state index contributed by atoms with van der Waals surface area (Å²) in [6, 6.07) is 7.87. The summed E-state index contributed by atoms with van der Waals surface area (Å²) in [6.07, 6.45) is 7.87. The summed E-state index contributed by atoms with van der Waals surface area (Å²) < 4.78 is 17.8. The third-order valence-corrected chi connectivity index (χ3v) is 6.86. The summed E-state index contributed by atoms with van der Waals surface area (Å²) in [4.78, 5) is 10.2. The van der Waals surface area contributed by atoms with Crippen molar-refractivity contribution in [2.75, 3.05) is 0 Å². The number of benzene rings is 1. The van der Waals surface area contributed by atoms with Gasteiger partial charge in [0.15, 0.2) is 0 Å². The topological polar surface area (TPSA) is 46.5 Å². The second kappa shape index (κ2) is 7.44. The van der Waals surface area contributed by atoms with Crippen LogP contribution < -0.4 is 24.8 Å². The molecule has 0 aromatic heterocycles. The average Bonchev–Trinajstić information content (AvgIpc) is 2.98. The first-order valence-corrected chi connectivity index (χ1v) is 8.98. The minimum Gasteiger partial charge on any atom is -1.00 e. The van der Waals surface area contributed by atoms with Gasteiger partial charge in [0.2, 0.25) is 0 Å². The minimum atomic E-state index is -3.75. The first-order valence-electron chi connectivity index (χ1n) is 5.98. The van der Waals surface area contributed by atoms with Gasteiger partial charge in [-0.05, 0) is 0 Å². The summed E-state index contributed by atoms with van der Waals surface area (Å²) in [5, 5.41) is 0.514. The van der Waals surface area contributed by atoms with Crippen molar-refractivity contribution in [1.29, 1.82) is 0 Å². The quantitative estimate of drug-likeness (QED) is 0.558. The molecule has 2 aliphatic carbocycles. The van der Waals surface area contributed by atoms with E-state index in [4.69, 9.17) is 4.52 Å². The number of fused-ring (bicyclic) bond motifs is 1. The fourth-order valence-corrected chi connectivity index (χ4v) is 5.64. The summed E-state index contributed by atoms with van der Waals surface area (Å²) in [5.74, 6) is 0.561. The van der Waals surface area contributed by atoms with Crippen molar-refractivity contribution in [1.82, 2.24) is 0 Å². The molecule has 0 bridgehead atoms. The van der Waals surface area contributed by atoms with Gasteiger partial charge in [0.1, 0.15) is 0 Å². The molecule has 2 aliphatic rings. The molecule has 0 heterocycles. The summed E-state index contributed by atoms with van der Waals surface area (Å²) in [6.45, 7) is 0. The zero-order chi connectivity index (χ0) is 13.5. The molecule has 1 N–H and O–H groups in total. The van der Waals surface area contributed by atoms with Crippen LogP contribution in [0.25, 0.3) is 6.08 Å². The molecule has 21 heavy (non-hydrogen) atoms. The standard InChI is InChI=1S/C14H12O3P.2ClH.Zr/c15-18(16,17-13-7-3-4-8-13)14-9-11-5-1-2-6-12(11)10-14;;;/h1-7,9-10H,8H2,(H,15,16);2*1H;/q;;;+2/p-2. The second-order valence-corrected chi connectivity index (χ2v) is 7.67. The van der Waals surface area contributed by atoms with Crippen LogP contribution in [-0.4, -0.2) is 4.89 Å². The fourth-order valence-electron chi connectivity index (χ4n) is 2.26. The van der Waals surface area contributed by atoms with E-state index in [0.717, 1.165) is 11.1 Å². The molecular weight excluding hydrogens is 409 g/mol. The van der Waals surface area contributed by atoms with E-state index < -0.39 is 7.60 Å². The molecule has 7 heteroatoms. The van der Waals surface area contributed by atoms with E-state index in [1.807, 2.05) is 36.4 Å². The third kappa shape index (κ3) is 3.81. The van der Waals surface area contributed by atoms with Crippen LogP contribution in [0.3, 0.4) is 0 Å². The molecular formula is C14H12Cl2O3PZr. The van der Waals surface area contributed by atoms with E-state index in [9.17, 15) is 9.46 Å². The molecule has 3 nitrogen and oxygen atoms in total. The van der Waals surface area contributed by atoms with Gasteiger partial charge in [-0.3, -0.25) is 0 Å². The van der Waals surface area contributed by atoms with Crippen LogP contribution in [0.5, 0.6) is 0 Å². The molecule has 0 spiro atoms. The Balaban J connectivity index is 0.00000110. The van der Waals surface area contributed by atoms with Gasteiger partial charge in [0.05, 0.1) is 0 Å². The summed E-state index contributed by atoms with van der Waals surface area (Å²) in [5.41, 5.74) is 2.14. The molecule has 0 fully saturated rings. The monoisotopic (exact) mass is 419 g/mol. The van der Waals surface area contributed by atoms with Crippen LogP contribution >= 0.6 is 7.60 Å². The van der Waals surface area contributed by atoms with E-state index in [0.29, 0.717) is 17.5 Å². The van der Waals surface area contributed by atoms with Crippen molar-refractivity contribution in [2.45, 2.75) is 10.0 Å². The zero-order valence-electron chi connectivity index (χ0n) is 10.9. The second-order valence-electron chi connectivity index (χ2n) is 4.51. The molecule has 1 aromatic rings. The van der Waals surface area contributed by atoms with Gasteiger partial charge in [-0.25, -0.2) is 0 Å². The number of allylic oxidation sites excluding steroid dienone is 4. The van der Waals surface area contributed by atoms with Crippen molar-refractivity contribution < 1.29 is 63.5 Å². The molecule has 0 radical (unpaired) electrons. The third-order valence-electron chi connectivity index (χ3n) is 3.21. The molecule has 109 valence electrons. The predicted molar refractivity (Wildman–Crippen MR) is 69.9 cm³/mol. The van der Waals surface area contributed by atoms with Gasteiger partial charge >= 0.3 is 127 Å². The average molecular weight is 421 g/mol. The van der Waals surface area contributed by atoms with Gasteiger partial charge in [-0.2, -0.15) is 0 Å². The van der Waals surface area contributed by atoms with Gasteiger partial charge in [-0.1, -0.05) is 0 Å². The Kier molecular flexibility index (Phi) is 6.71. The summed E-state index contributed by atoms with van der Waals surface area (Å²) >= 11 is 1.20. The minimum absolute atomic E-state index is 0. The Morgan fingerprint density at radius 1 is 1.29 bits per heavy atom. The van der Waals surface area contributed by atoms with E-state index >= 15 is 0 Å².